The maximum Gasteiger partial charge on any atom is 0.246 e. The van der Waals surface area contributed by atoms with Gasteiger partial charge in [0.15, 0.2) is 0 Å². The van der Waals surface area contributed by atoms with Gasteiger partial charge in [-0.25, -0.2) is 4.98 Å². The van der Waals surface area contributed by atoms with Crippen molar-refractivity contribution in [1.82, 2.24) is 24.9 Å². The second kappa shape index (κ2) is 11.6. The van der Waals surface area contributed by atoms with E-state index in [9.17, 15) is 10.1 Å². The summed E-state index contributed by atoms with van der Waals surface area (Å²) in [6, 6.07) is 6.14. The number of thiophene rings is 1. The molecule has 12 heteroatoms. The van der Waals surface area contributed by atoms with E-state index in [2.05, 4.69) is 36.7 Å². The monoisotopic (exact) mass is 603 g/mol. The summed E-state index contributed by atoms with van der Waals surface area (Å²) in [7, 11) is 2.11. The average molecular weight is 604 g/mol. The van der Waals surface area contributed by atoms with E-state index in [0.717, 1.165) is 49.1 Å². The van der Waals surface area contributed by atoms with Crippen LogP contribution in [0.25, 0.3) is 11.5 Å². The zero-order chi connectivity index (χ0) is 30.3. The number of nitrogens with zero attached hydrogens (tertiary/aromatic N) is 6. The van der Waals surface area contributed by atoms with Gasteiger partial charge in [0.2, 0.25) is 23.5 Å². The molecule has 43 heavy (non-hydrogen) atoms. The van der Waals surface area contributed by atoms with Crippen LogP contribution in [0, 0.1) is 11.3 Å². The fourth-order valence-electron chi connectivity index (χ4n) is 6.73. The minimum Gasteiger partial charge on any atom is -0.488 e. The molecule has 1 amide bonds. The van der Waals surface area contributed by atoms with Crippen molar-refractivity contribution in [1.29, 1.82) is 5.26 Å². The summed E-state index contributed by atoms with van der Waals surface area (Å²) in [6.45, 7) is 9.81. The Morgan fingerprint density at radius 2 is 2.16 bits per heavy atom. The molecule has 11 nitrogen and oxygen atoms in total. The van der Waals surface area contributed by atoms with Gasteiger partial charge in [0.1, 0.15) is 34.7 Å². The van der Waals surface area contributed by atoms with Crippen LogP contribution in [0.3, 0.4) is 0 Å². The fourth-order valence-corrected chi connectivity index (χ4v) is 7.92. The highest BCUT2D eigenvalue weighted by Crippen LogP contribution is 2.48. The van der Waals surface area contributed by atoms with Crippen LogP contribution in [0.1, 0.15) is 67.8 Å². The molecule has 3 aromatic heterocycles. The first-order chi connectivity index (χ1) is 20.7. The van der Waals surface area contributed by atoms with E-state index in [-0.39, 0.29) is 24.2 Å². The molecule has 2 saturated heterocycles. The van der Waals surface area contributed by atoms with Gasteiger partial charge in [0.25, 0.3) is 0 Å². The second-order valence-corrected chi connectivity index (χ2v) is 13.1. The zero-order valence-electron chi connectivity index (χ0n) is 24.8. The number of carbonyl (C=O) groups excluding carboxylic acids is 1. The summed E-state index contributed by atoms with van der Waals surface area (Å²) < 4.78 is 18.6. The van der Waals surface area contributed by atoms with Gasteiger partial charge in [-0.2, -0.15) is 10.2 Å². The van der Waals surface area contributed by atoms with Gasteiger partial charge >= 0.3 is 0 Å². The molecule has 4 atom stereocenters. The van der Waals surface area contributed by atoms with Crippen LogP contribution in [0.5, 0.6) is 11.6 Å². The summed E-state index contributed by atoms with van der Waals surface area (Å²) in [4.78, 5) is 26.9. The Hall–Kier alpha value is -3.95. The molecule has 0 bridgehead atoms. The van der Waals surface area contributed by atoms with Crippen molar-refractivity contribution in [3.8, 4) is 29.2 Å². The molecule has 226 valence electrons. The largest absolute Gasteiger partial charge is 0.488 e. The molecule has 2 N–H and O–H groups in total. The van der Waals surface area contributed by atoms with E-state index in [0.29, 0.717) is 59.1 Å². The van der Waals surface area contributed by atoms with Crippen LogP contribution in [0.4, 0.5) is 5.00 Å². The van der Waals surface area contributed by atoms with E-state index in [1.54, 1.807) is 17.0 Å². The normalized spacial score (nSPS) is 24.4. The van der Waals surface area contributed by atoms with E-state index >= 15 is 0 Å². The number of likely N-dealkylation sites (tertiary alicyclic amines) is 2. The van der Waals surface area contributed by atoms with Crippen LogP contribution in [0.2, 0.25) is 0 Å². The summed E-state index contributed by atoms with van der Waals surface area (Å²) in [5, 5.41) is 14.7. The molecule has 0 radical (unpaired) electrons. The molecule has 3 aromatic rings. The Balaban J connectivity index is 1.32. The molecule has 5 heterocycles. The average Bonchev–Trinajstić information content (AvgIpc) is 3.79. The van der Waals surface area contributed by atoms with E-state index in [1.165, 1.54) is 17.4 Å². The highest BCUT2D eigenvalue weighted by atomic mass is 32.1. The number of fused-ring (bicyclic) bond motifs is 1. The maximum atomic E-state index is 12.1. The lowest BCUT2D eigenvalue weighted by molar-refractivity contribution is -0.125. The predicted molar refractivity (Wildman–Crippen MR) is 162 cm³/mol. The van der Waals surface area contributed by atoms with Crippen molar-refractivity contribution in [3.05, 3.63) is 46.7 Å². The third-order valence-electron chi connectivity index (χ3n) is 9.01. The molecule has 3 aliphatic rings. The molecule has 0 saturated carbocycles. The summed E-state index contributed by atoms with van der Waals surface area (Å²) in [5.74, 6) is 1.59. The van der Waals surface area contributed by atoms with Crippen molar-refractivity contribution in [2.24, 2.45) is 0 Å². The lowest BCUT2D eigenvalue weighted by atomic mass is 9.72. The maximum absolute atomic E-state index is 12.1. The summed E-state index contributed by atoms with van der Waals surface area (Å²) >= 11 is 1.47. The van der Waals surface area contributed by atoms with Crippen LogP contribution in [-0.2, 0) is 16.6 Å². The van der Waals surface area contributed by atoms with E-state index in [1.807, 2.05) is 6.92 Å². The Bertz CT molecular complexity index is 1580. The van der Waals surface area contributed by atoms with Crippen molar-refractivity contribution in [3.63, 3.8) is 0 Å². The van der Waals surface area contributed by atoms with Gasteiger partial charge in [-0.1, -0.05) is 11.7 Å². The molecule has 1 aliphatic carbocycles. The molecular formula is C31H37N7O4S. The number of pyridine rings is 1. The molecule has 0 unspecified atom stereocenters. The number of nitrogen functional groups attached to an aromatic ring is 1. The number of ether oxygens (including phenoxy) is 2. The fraction of sp³-hybridized carbons (Fsp3) is 0.516. The zero-order valence-corrected chi connectivity index (χ0v) is 25.7. The number of amides is 1. The van der Waals surface area contributed by atoms with Crippen molar-refractivity contribution < 1.29 is 18.8 Å². The Labute approximate surface area is 255 Å². The lowest BCUT2D eigenvalue weighted by Crippen LogP contribution is -2.38. The molecule has 0 spiro atoms. The quantitative estimate of drug-likeness (QED) is 0.370. The van der Waals surface area contributed by atoms with Crippen LogP contribution < -0.4 is 15.2 Å². The molecule has 6 rings (SSSR count). The smallest absolute Gasteiger partial charge is 0.246 e. The number of carbonyl (C=O) groups is 1. The first kappa shape index (κ1) is 29.1. The Kier molecular flexibility index (Phi) is 7.87. The predicted octanol–water partition coefficient (Wildman–Crippen LogP) is 4.32. The number of aromatic nitrogens is 3. The molecular weight excluding hydrogens is 566 g/mol. The van der Waals surface area contributed by atoms with Gasteiger partial charge in [0.05, 0.1) is 17.5 Å². The van der Waals surface area contributed by atoms with Gasteiger partial charge in [-0.15, -0.1) is 11.3 Å². The highest BCUT2D eigenvalue weighted by Gasteiger charge is 2.43. The number of rotatable bonds is 8. The van der Waals surface area contributed by atoms with Crippen molar-refractivity contribution >= 4 is 22.2 Å². The summed E-state index contributed by atoms with van der Waals surface area (Å²) in [6.07, 6.45) is 6.49. The minimum absolute atomic E-state index is 0.0934. The van der Waals surface area contributed by atoms with E-state index < -0.39 is 5.41 Å². The number of hydrogen-bond donors (Lipinski definition) is 1. The highest BCUT2D eigenvalue weighted by molar-refractivity contribution is 7.16. The number of hydrogen-bond acceptors (Lipinski definition) is 11. The Morgan fingerprint density at radius 1 is 1.33 bits per heavy atom. The first-order valence-electron chi connectivity index (χ1n) is 14.8. The Morgan fingerprint density at radius 3 is 2.91 bits per heavy atom. The minimum atomic E-state index is -0.641. The number of nitrogens with two attached hydrogens (primary N) is 1. The number of anilines is 1. The van der Waals surface area contributed by atoms with Gasteiger partial charge in [-0.05, 0) is 65.6 Å². The topological polar surface area (TPSA) is 144 Å². The molecule has 0 aromatic carbocycles. The SMILES string of the molecule is C=CC(=O)N1CC[C@@H](Oc2cc(O[C@@H](C)[C@@H]3CCCN3C)nc(-c3noc([C@@]4(C)CCCc5sc(N)c(C#N)c54)n3)c2)C1. The first-order valence-corrected chi connectivity index (χ1v) is 15.6. The number of nitriles is 1. The number of aryl methyl sites for hydroxylation is 1. The number of likely N-dealkylation sites (N-methyl/N-ethyl adjacent to an activating group) is 1. The van der Waals surface area contributed by atoms with Crippen LogP contribution >= 0.6 is 11.3 Å². The third-order valence-corrected chi connectivity index (χ3v) is 10.1. The van der Waals surface area contributed by atoms with Gasteiger partial charge < -0.3 is 24.6 Å². The van der Waals surface area contributed by atoms with Crippen molar-refractivity contribution in [2.45, 2.75) is 76.0 Å². The summed E-state index contributed by atoms with van der Waals surface area (Å²) in [5.41, 5.74) is 7.42. The molecule has 2 fully saturated rings. The van der Waals surface area contributed by atoms with Gasteiger partial charge in [-0.3, -0.25) is 9.69 Å². The van der Waals surface area contributed by atoms with Crippen molar-refractivity contribution in [2.75, 3.05) is 32.4 Å². The lowest BCUT2D eigenvalue weighted by Gasteiger charge is -2.30. The third kappa shape index (κ3) is 5.47. The second-order valence-electron chi connectivity index (χ2n) is 11.9. The molecule has 2 aliphatic heterocycles. The van der Waals surface area contributed by atoms with Crippen LogP contribution in [-0.4, -0.2) is 75.8 Å². The van der Waals surface area contributed by atoms with Crippen LogP contribution in [0.15, 0.2) is 29.3 Å². The standard InChI is InChI=1S/C31H37N7O4S/c1-5-26(39)38-13-10-19(17-38)41-20-14-22(34-25(15-20)40-18(2)23-8-7-12-37(23)4)29-35-30(42-36-29)31(3)11-6-9-24-27(31)21(16-32)28(33)43-24/h5,14-15,18-19,23H,1,6-13,17,33H2,2-4H3/t18-,19+,23-,31-/m0/s1. The van der Waals surface area contributed by atoms with E-state index in [4.69, 9.17) is 29.7 Å². The van der Waals surface area contributed by atoms with Gasteiger partial charge in [0, 0.05) is 41.6 Å².